The molecular formula is C22H22N2S. The fourth-order valence-electron chi connectivity index (χ4n) is 2.66. The molecule has 3 heteroatoms. The van der Waals surface area contributed by atoms with Crippen molar-refractivity contribution in [2.75, 3.05) is 6.26 Å². The molecular weight excluding hydrogens is 324 g/mol. The van der Waals surface area contributed by atoms with Crippen LogP contribution >= 0.6 is 11.8 Å². The molecule has 0 spiro atoms. The summed E-state index contributed by atoms with van der Waals surface area (Å²) in [5, 5.41) is 1.03. The number of benzene rings is 3. The predicted molar refractivity (Wildman–Crippen MR) is 109 cm³/mol. The van der Waals surface area contributed by atoms with Gasteiger partial charge in [0.1, 0.15) is 0 Å². The van der Waals surface area contributed by atoms with Crippen molar-refractivity contribution in [2.24, 2.45) is 4.99 Å². The molecule has 0 unspecified atom stereocenters. The number of nitrogens with zero attached hydrogens (tertiary/aromatic N) is 2. The highest BCUT2D eigenvalue weighted by molar-refractivity contribution is 8.13. The molecule has 0 aromatic heterocycles. The summed E-state index contributed by atoms with van der Waals surface area (Å²) >= 11 is 1.69. The lowest BCUT2D eigenvalue weighted by molar-refractivity contribution is 0.415. The van der Waals surface area contributed by atoms with Crippen molar-refractivity contribution in [2.45, 2.75) is 13.1 Å². The van der Waals surface area contributed by atoms with Crippen molar-refractivity contribution >= 4 is 22.6 Å². The second kappa shape index (κ2) is 9.09. The van der Waals surface area contributed by atoms with Gasteiger partial charge >= 0.3 is 0 Å². The zero-order valence-electron chi connectivity index (χ0n) is 14.4. The summed E-state index contributed by atoms with van der Waals surface area (Å²) in [5.74, 6) is 0. The van der Waals surface area contributed by atoms with E-state index in [4.69, 9.17) is 4.99 Å². The van der Waals surface area contributed by atoms with Crippen LogP contribution in [-0.2, 0) is 13.1 Å². The zero-order valence-corrected chi connectivity index (χ0v) is 15.2. The maximum Gasteiger partial charge on any atom is 0.164 e. The minimum Gasteiger partial charge on any atom is -0.343 e. The fourth-order valence-corrected chi connectivity index (χ4v) is 3.24. The monoisotopic (exact) mass is 346 g/mol. The molecule has 0 bridgehead atoms. The van der Waals surface area contributed by atoms with E-state index < -0.39 is 0 Å². The van der Waals surface area contributed by atoms with Gasteiger partial charge < -0.3 is 4.90 Å². The van der Waals surface area contributed by atoms with Gasteiger partial charge in [-0.1, -0.05) is 90.6 Å². The van der Waals surface area contributed by atoms with Crippen LogP contribution in [0, 0.1) is 0 Å². The zero-order chi connectivity index (χ0) is 17.3. The first-order valence-electron chi connectivity index (χ1n) is 8.35. The van der Waals surface area contributed by atoms with Gasteiger partial charge in [-0.2, -0.15) is 0 Å². The number of para-hydroxylation sites is 1. The third-order valence-electron chi connectivity index (χ3n) is 3.87. The molecule has 0 N–H and O–H groups in total. The summed E-state index contributed by atoms with van der Waals surface area (Å²) in [4.78, 5) is 7.21. The summed E-state index contributed by atoms with van der Waals surface area (Å²) in [6.07, 6.45) is 2.09. The first kappa shape index (κ1) is 17.3. The van der Waals surface area contributed by atoms with Gasteiger partial charge in [0.05, 0.1) is 5.69 Å². The van der Waals surface area contributed by atoms with Crippen LogP contribution in [0.15, 0.2) is 96.0 Å². The lowest BCUT2D eigenvalue weighted by atomic mass is 10.2. The molecule has 0 aliphatic carbocycles. The summed E-state index contributed by atoms with van der Waals surface area (Å²) in [6.45, 7) is 1.67. The second-order valence-electron chi connectivity index (χ2n) is 5.76. The van der Waals surface area contributed by atoms with Crippen molar-refractivity contribution in [1.29, 1.82) is 0 Å². The summed E-state index contributed by atoms with van der Waals surface area (Å²) in [5.41, 5.74) is 3.56. The molecule has 25 heavy (non-hydrogen) atoms. The van der Waals surface area contributed by atoms with Gasteiger partial charge in [0, 0.05) is 13.1 Å². The van der Waals surface area contributed by atoms with Crippen LogP contribution < -0.4 is 0 Å². The molecule has 0 radical (unpaired) electrons. The average molecular weight is 346 g/mol. The molecule has 0 aliphatic heterocycles. The van der Waals surface area contributed by atoms with Crippen molar-refractivity contribution in [1.82, 2.24) is 4.90 Å². The van der Waals surface area contributed by atoms with Crippen LogP contribution in [0.25, 0.3) is 0 Å². The van der Waals surface area contributed by atoms with Crippen LogP contribution in [0.4, 0.5) is 5.69 Å². The number of aliphatic imine (C=N–C) groups is 1. The van der Waals surface area contributed by atoms with Gasteiger partial charge in [-0.15, -0.1) is 0 Å². The summed E-state index contributed by atoms with van der Waals surface area (Å²) < 4.78 is 0. The predicted octanol–water partition coefficient (Wildman–Crippen LogP) is 5.74. The number of rotatable bonds is 5. The van der Waals surface area contributed by atoms with E-state index >= 15 is 0 Å². The molecule has 0 saturated carbocycles. The molecule has 0 fully saturated rings. The molecule has 3 aromatic rings. The minimum atomic E-state index is 0.836. The van der Waals surface area contributed by atoms with E-state index in [0.29, 0.717) is 0 Å². The Bertz CT molecular complexity index is 745. The van der Waals surface area contributed by atoms with Gasteiger partial charge in [-0.3, -0.25) is 0 Å². The first-order chi connectivity index (χ1) is 12.3. The molecule has 3 rings (SSSR count). The Labute approximate surface area is 154 Å². The van der Waals surface area contributed by atoms with E-state index in [9.17, 15) is 0 Å². The molecule has 126 valence electrons. The second-order valence-corrected chi connectivity index (χ2v) is 6.53. The number of hydrogen-bond acceptors (Lipinski definition) is 2. The van der Waals surface area contributed by atoms with Crippen LogP contribution in [0.1, 0.15) is 11.1 Å². The maximum absolute atomic E-state index is 4.88. The van der Waals surface area contributed by atoms with Gasteiger partial charge in [-0.25, -0.2) is 4.99 Å². The fraction of sp³-hybridized carbons (Fsp3) is 0.136. The lowest BCUT2D eigenvalue weighted by Crippen LogP contribution is -2.27. The summed E-state index contributed by atoms with van der Waals surface area (Å²) in [6, 6.07) is 31.3. The van der Waals surface area contributed by atoms with Crippen LogP contribution in [0.5, 0.6) is 0 Å². The van der Waals surface area contributed by atoms with E-state index in [1.807, 2.05) is 30.3 Å². The SMILES string of the molecule is CSC(=Nc1ccccc1)N(Cc1ccccc1)Cc1ccccc1. The van der Waals surface area contributed by atoms with Crippen molar-refractivity contribution in [3.05, 3.63) is 102 Å². The lowest BCUT2D eigenvalue weighted by Gasteiger charge is -2.25. The van der Waals surface area contributed by atoms with Gasteiger partial charge in [0.25, 0.3) is 0 Å². The Hall–Kier alpha value is -2.52. The van der Waals surface area contributed by atoms with E-state index in [-0.39, 0.29) is 0 Å². The average Bonchev–Trinajstić information content (AvgIpc) is 2.68. The highest BCUT2D eigenvalue weighted by Crippen LogP contribution is 2.20. The Kier molecular flexibility index (Phi) is 6.29. The van der Waals surface area contributed by atoms with Gasteiger partial charge in [-0.05, 0) is 29.5 Å². The molecule has 0 aliphatic rings. The van der Waals surface area contributed by atoms with Gasteiger partial charge in [0.15, 0.2) is 5.17 Å². The largest absolute Gasteiger partial charge is 0.343 e. The van der Waals surface area contributed by atoms with Crippen molar-refractivity contribution in [3.63, 3.8) is 0 Å². The molecule has 3 aromatic carbocycles. The normalized spacial score (nSPS) is 11.3. The quantitative estimate of drug-likeness (QED) is 0.432. The maximum atomic E-state index is 4.88. The first-order valence-corrected chi connectivity index (χ1v) is 9.58. The van der Waals surface area contributed by atoms with Crippen LogP contribution in [0.2, 0.25) is 0 Å². The Morgan fingerprint density at radius 1 is 0.720 bits per heavy atom. The molecule has 0 amide bonds. The summed E-state index contributed by atoms with van der Waals surface area (Å²) in [7, 11) is 0. The highest BCUT2D eigenvalue weighted by atomic mass is 32.2. The number of thioether (sulfide) groups is 1. The van der Waals surface area contributed by atoms with Gasteiger partial charge in [0.2, 0.25) is 0 Å². The molecule has 0 saturated heterocycles. The third kappa shape index (κ3) is 5.23. The standard InChI is InChI=1S/C22H22N2S/c1-25-22(23-21-15-9-4-10-16-21)24(17-19-11-5-2-6-12-19)18-20-13-7-3-8-14-20/h2-16H,17-18H2,1H3. The van der Waals surface area contributed by atoms with E-state index in [0.717, 1.165) is 23.9 Å². The Morgan fingerprint density at radius 3 is 1.60 bits per heavy atom. The van der Waals surface area contributed by atoms with Crippen LogP contribution in [-0.4, -0.2) is 16.3 Å². The number of hydrogen-bond donors (Lipinski definition) is 0. The third-order valence-corrected chi connectivity index (χ3v) is 4.58. The topological polar surface area (TPSA) is 15.6 Å². The van der Waals surface area contributed by atoms with Crippen molar-refractivity contribution < 1.29 is 0 Å². The van der Waals surface area contributed by atoms with E-state index in [1.54, 1.807) is 11.8 Å². The van der Waals surface area contributed by atoms with E-state index in [1.165, 1.54) is 11.1 Å². The Morgan fingerprint density at radius 2 is 1.16 bits per heavy atom. The molecule has 0 atom stereocenters. The minimum absolute atomic E-state index is 0.836. The molecule has 2 nitrogen and oxygen atoms in total. The molecule has 0 heterocycles. The Balaban J connectivity index is 1.89. The highest BCUT2D eigenvalue weighted by Gasteiger charge is 2.12. The smallest absolute Gasteiger partial charge is 0.164 e. The number of amidine groups is 1. The van der Waals surface area contributed by atoms with Crippen LogP contribution in [0.3, 0.4) is 0 Å². The van der Waals surface area contributed by atoms with Crippen molar-refractivity contribution in [3.8, 4) is 0 Å². The van der Waals surface area contributed by atoms with E-state index in [2.05, 4.69) is 71.8 Å².